The van der Waals surface area contributed by atoms with E-state index in [1.165, 1.54) is 5.56 Å². The Morgan fingerprint density at radius 2 is 1.95 bits per heavy atom. The average Bonchev–Trinajstić information content (AvgIpc) is 2.83. The van der Waals surface area contributed by atoms with Crippen LogP contribution in [0.15, 0.2) is 29.6 Å². The van der Waals surface area contributed by atoms with Crippen molar-refractivity contribution in [2.75, 3.05) is 6.54 Å². The Bertz CT molecular complexity index is 534. The normalized spacial score (nSPS) is 12.7. The Labute approximate surface area is 125 Å². The van der Waals surface area contributed by atoms with E-state index in [1.54, 1.807) is 11.3 Å². The molecule has 0 aliphatic rings. The van der Waals surface area contributed by atoms with Crippen LogP contribution in [-0.4, -0.2) is 17.6 Å². The fraction of sp³-hybridized carbons (Fsp3) is 0.438. The van der Waals surface area contributed by atoms with Crippen LogP contribution in [0.5, 0.6) is 5.75 Å². The van der Waals surface area contributed by atoms with Crippen LogP contribution in [0.4, 0.5) is 0 Å². The molecule has 0 saturated carbocycles. The van der Waals surface area contributed by atoms with E-state index in [9.17, 15) is 0 Å². The van der Waals surface area contributed by atoms with Crippen LogP contribution in [0, 0.1) is 6.92 Å². The summed E-state index contributed by atoms with van der Waals surface area (Å²) in [6, 6.07) is 8.43. The summed E-state index contributed by atoms with van der Waals surface area (Å²) in [4.78, 5) is 4.60. The molecule has 0 saturated heterocycles. The lowest BCUT2D eigenvalue weighted by Crippen LogP contribution is -2.22. The van der Waals surface area contributed by atoms with Gasteiger partial charge in [0.25, 0.3) is 0 Å². The number of nitrogens with one attached hydrogen (secondary N) is 1. The van der Waals surface area contributed by atoms with Gasteiger partial charge < -0.3 is 10.1 Å². The highest BCUT2D eigenvalue weighted by Gasteiger charge is 2.15. The SMILES string of the molecule is CCNC(c1ccc(OC(C)C)cc1)c1csc(C)n1. The summed E-state index contributed by atoms with van der Waals surface area (Å²) in [6.07, 6.45) is 0.201. The molecule has 1 aromatic carbocycles. The van der Waals surface area contributed by atoms with Gasteiger partial charge in [0.05, 0.1) is 22.8 Å². The van der Waals surface area contributed by atoms with E-state index in [2.05, 4.69) is 34.7 Å². The fourth-order valence-corrected chi connectivity index (χ4v) is 2.76. The third kappa shape index (κ3) is 3.81. The Morgan fingerprint density at radius 3 is 2.45 bits per heavy atom. The van der Waals surface area contributed by atoms with Gasteiger partial charge in [-0.15, -0.1) is 11.3 Å². The van der Waals surface area contributed by atoms with E-state index in [-0.39, 0.29) is 12.1 Å². The van der Waals surface area contributed by atoms with Crippen molar-refractivity contribution in [2.45, 2.75) is 39.8 Å². The fourth-order valence-electron chi connectivity index (χ4n) is 2.12. The van der Waals surface area contributed by atoms with Crippen molar-refractivity contribution in [1.82, 2.24) is 10.3 Å². The topological polar surface area (TPSA) is 34.1 Å². The number of rotatable bonds is 6. The Morgan fingerprint density at radius 1 is 1.25 bits per heavy atom. The van der Waals surface area contributed by atoms with Crippen LogP contribution in [-0.2, 0) is 0 Å². The zero-order valence-corrected chi connectivity index (χ0v) is 13.3. The van der Waals surface area contributed by atoms with Gasteiger partial charge in [0.15, 0.2) is 0 Å². The van der Waals surface area contributed by atoms with Crippen LogP contribution in [0.2, 0.25) is 0 Å². The van der Waals surface area contributed by atoms with Gasteiger partial charge in [-0.05, 0) is 45.0 Å². The molecule has 1 aromatic heterocycles. The van der Waals surface area contributed by atoms with Gasteiger partial charge in [-0.25, -0.2) is 4.98 Å². The molecule has 0 bridgehead atoms. The number of hydrogen-bond donors (Lipinski definition) is 1. The highest BCUT2D eigenvalue weighted by atomic mass is 32.1. The third-order valence-electron chi connectivity index (χ3n) is 2.93. The average molecular weight is 290 g/mol. The van der Waals surface area contributed by atoms with Crippen LogP contribution >= 0.6 is 11.3 Å². The lowest BCUT2D eigenvalue weighted by molar-refractivity contribution is 0.242. The molecule has 0 radical (unpaired) electrons. The first-order valence-corrected chi connectivity index (χ1v) is 7.90. The van der Waals surface area contributed by atoms with Crippen molar-refractivity contribution in [3.63, 3.8) is 0 Å². The summed E-state index contributed by atoms with van der Waals surface area (Å²) < 4.78 is 5.68. The van der Waals surface area contributed by atoms with E-state index < -0.39 is 0 Å². The second-order valence-electron chi connectivity index (χ2n) is 5.02. The van der Waals surface area contributed by atoms with Gasteiger partial charge in [-0.3, -0.25) is 0 Å². The molecule has 0 aliphatic heterocycles. The summed E-state index contributed by atoms with van der Waals surface area (Å²) >= 11 is 1.69. The van der Waals surface area contributed by atoms with E-state index >= 15 is 0 Å². The van der Waals surface area contributed by atoms with Gasteiger partial charge in [-0.2, -0.15) is 0 Å². The first-order chi connectivity index (χ1) is 9.60. The Hall–Kier alpha value is -1.39. The monoisotopic (exact) mass is 290 g/mol. The maximum absolute atomic E-state index is 5.68. The second kappa shape index (κ2) is 6.86. The number of thiazole rings is 1. The molecular formula is C16H22N2OS. The highest BCUT2D eigenvalue weighted by molar-refractivity contribution is 7.09. The van der Waals surface area contributed by atoms with E-state index in [0.29, 0.717) is 0 Å². The smallest absolute Gasteiger partial charge is 0.119 e. The minimum absolute atomic E-state index is 0.151. The standard InChI is InChI=1S/C16H22N2OS/c1-5-17-16(15-10-20-12(4)18-15)13-6-8-14(9-7-13)19-11(2)3/h6-11,16-17H,5H2,1-4H3. The van der Waals surface area contributed by atoms with E-state index in [1.807, 2.05) is 32.9 Å². The summed E-state index contributed by atoms with van der Waals surface area (Å²) in [5, 5.41) is 6.72. The molecule has 1 N–H and O–H groups in total. The van der Waals surface area contributed by atoms with Crippen molar-refractivity contribution >= 4 is 11.3 Å². The summed E-state index contributed by atoms with van der Waals surface area (Å²) in [5.74, 6) is 0.911. The minimum Gasteiger partial charge on any atom is -0.491 e. The maximum atomic E-state index is 5.68. The highest BCUT2D eigenvalue weighted by Crippen LogP contribution is 2.25. The maximum Gasteiger partial charge on any atom is 0.119 e. The molecule has 20 heavy (non-hydrogen) atoms. The number of nitrogens with zero attached hydrogens (tertiary/aromatic N) is 1. The Balaban J connectivity index is 2.21. The van der Waals surface area contributed by atoms with Gasteiger partial charge in [0.2, 0.25) is 0 Å². The minimum atomic E-state index is 0.151. The van der Waals surface area contributed by atoms with Crippen LogP contribution < -0.4 is 10.1 Å². The molecule has 1 atom stereocenters. The number of aryl methyl sites for hydroxylation is 1. The van der Waals surface area contributed by atoms with E-state index in [4.69, 9.17) is 4.74 Å². The predicted octanol–water partition coefficient (Wildman–Crippen LogP) is 3.94. The molecule has 1 unspecified atom stereocenters. The number of ether oxygens (including phenoxy) is 1. The quantitative estimate of drug-likeness (QED) is 0.875. The predicted molar refractivity (Wildman–Crippen MR) is 84.6 cm³/mol. The number of aromatic nitrogens is 1. The van der Waals surface area contributed by atoms with Crippen molar-refractivity contribution in [1.29, 1.82) is 0 Å². The van der Waals surface area contributed by atoms with Crippen LogP contribution in [0.25, 0.3) is 0 Å². The second-order valence-corrected chi connectivity index (χ2v) is 6.08. The van der Waals surface area contributed by atoms with Crippen LogP contribution in [0.3, 0.4) is 0 Å². The first-order valence-electron chi connectivity index (χ1n) is 7.02. The summed E-state index contributed by atoms with van der Waals surface area (Å²) in [5.41, 5.74) is 2.31. The number of hydrogen-bond acceptors (Lipinski definition) is 4. The van der Waals surface area contributed by atoms with Crippen molar-refractivity contribution < 1.29 is 4.74 Å². The molecule has 2 aromatic rings. The zero-order valence-electron chi connectivity index (χ0n) is 12.5. The molecule has 4 heteroatoms. The molecule has 3 nitrogen and oxygen atoms in total. The van der Waals surface area contributed by atoms with Gasteiger partial charge >= 0.3 is 0 Å². The van der Waals surface area contributed by atoms with Crippen molar-refractivity contribution in [2.24, 2.45) is 0 Å². The molecular weight excluding hydrogens is 268 g/mol. The lowest BCUT2D eigenvalue weighted by atomic mass is 10.0. The van der Waals surface area contributed by atoms with Gasteiger partial charge in [0.1, 0.15) is 5.75 Å². The molecule has 0 spiro atoms. The van der Waals surface area contributed by atoms with Crippen molar-refractivity contribution in [3.05, 3.63) is 45.9 Å². The van der Waals surface area contributed by atoms with Crippen molar-refractivity contribution in [3.8, 4) is 5.75 Å². The largest absolute Gasteiger partial charge is 0.491 e. The van der Waals surface area contributed by atoms with E-state index in [0.717, 1.165) is 23.0 Å². The van der Waals surface area contributed by atoms with Crippen LogP contribution in [0.1, 0.15) is 43.1 Å². The zero-order chi connectivity index (χ0) is 14.5. The molecule has 2 rings (SSSR count). The molecule has 0 aliphatic carbocycles. The van der Waals surface area contributed by atoms with Gasteiger partial charge in [-0.1, -0.05) is 19.1 Å². The molecule has 0 fully saturated rings. The molecule has 108 valence electrons. The van der Waals surface area contributed by atoms with Gasteiger partial charge in [0, 0.05) is 5.38 Å². The lowest BCUT2D eigenvalue weighted by Gasteiger charge is -2.17. The number of benzene rings is 1. The summed E-state index contributed by atoms with van der Waals surface area (Å²) in [6.45, 7) is 9.13. The Kier molecular flexibility index (Phi) is 5.15. The first kappa shape index (κ1) is 15.0. The molecule has 0 amide bonds. The molecule has 1 heterocycles. The summed E-state index contributed by atoms with van der Waals surface area (Å²) in [7, 11) is 0. The third-order valence-corrected chi connectivity index (χ3v) is 3.72.